The highest BCUT2D eigenvalue weighted by Gasteiger charge is 2.40. The molecular weight excluding hydrogens is 204 g/mol. The zero-order valence-corrected chi connectivity index (χ0v) is 9.55. The first-order valence-corrected chi connectivity index (χ1v) is 5.54. The van der Waals surface area contributed by atoms with Crippen LogP contribution in [-0.4, -0.2) is 18.2 Å². The number of ether oxygens (including phenoxy) is 2. The van der Waals surface area contributed by atoms with Crippen LogP contribution in [0, 0.1) is 5.92 Å². The summed E-state index contributed by atoms with van der Waals surface area (Å²) in [6, 6.07) is 9.83. The van der Waals surface area contributed by atoms with E-state index in [1.165, 1.54) is 0 Å². The number of carbonyl (C=O) groups is 1. The predicted molar refractivity (Wildman–Crippen MR) is 59.7 cm³/mol. The monoisotopic (exact) mass is 220 g/mol. The fourth-order valence-electron chi connectivity index (χ4n) is 1.80. The molecule has 3 nitrogen and oxygen atoms in total. The van der Waals surface area contributed by atoms with Crippen LogP contribution in [0.2, 0.25) is 0 Å². The van der Waals surface area contributed by atoms with Gasteiger partial charge >= 0.3 is 5.97 Å². The van der Waals surface area contributed by atoms with Crippen LogP contribution in [-0.2, 0) is 20.9 Å². The Morgan fingerprint density at radius 3 is 2.50 bits per heavy atom. The van der Waals surface area contributed by atoms with Gasteiger partial charge in [0.05, 0.1) is 6.61 Å². The molecule has 0 aliphatic carbocycles. The van der Waals surface area contributed by atoms with Crippen LogP contribution in [0.3, 0.4) is 0 Å². The molecule has 1 aromatic carbocycles. The van der Waals surface area contributed by atoms with E-state index in [4.69, 9.17) is 9.47 Å². The van der Waals surface area contributed by atoms with Crippen molar-refractivity contribution in [3.63, 3.8) is 0 Å². The summed E-state index contributed by atoms with van der Waals surface area (Å²) in [6.07, 6.45) is -0.469. The smallest absolute Gasteiger partial charge is 0.335 e. The molecular formula is C13H16O3. The van der Waals surface area contributed by atoms with E-state index in [1.807, 2.05) is 44.2 Å². The molecule has 86 valence electrons. The van der Waals surface area contributed by atoms with Crippen LogP contribution in [0.25, 0.3) is 0 Å². The lowest BCUT2D eigenvalue weighted by Gasteiger charge is -2.13. The summed E-state index contributed by atoms with van der Waals surface area (Å²) in [7, 11) is 0. The minimum absolute atomic E-state index is 0.0479. The summed E-state index contributed by atoms with van der Waals surface area (Å²) >= 11 is 0. The van der Waals surface area contributed by atoms with Gasteiger partial charge < -0.3 is 9.47 Å². The molecule has 1 aliphatic rings. The SMILES string of the molecule is C[C@H]1[C@H](OCc2ccccc2)C(=O)O[C@@H]1C. The minimum atomic E-state index is -0.421. The normalized spacial score (nSPS) is 29.1. The van der Waals surface area contributed by atoms with Crippen LogP contribution in [0.15, 0.2) is 30.3 Å². The lowest BCUT2D eigenvalue weighted by molar-refractivity contribution is -0.150. The summed E-state index contributed by atoms with van der Waals surface area (Å²) in [5.74, 6) is -0.118. The summed E-state index contributed by atoms with van der Waals surface area (Å²) < 4.78 is 10.7. The zero-order chi connectivity index (χ0) is 11.5. The second kappa shape index (κ2) is 4.66. The van der Waals surface area contributed by atoms with Crippen molar-refractivity contribution in [2.75, 3.05) is 0 Å². The number of hydrogen-bond acceptors (Lipinski definition) is 3. The first kappa shape index (κ1) is 11.1. The Bertz CT molecular complexity index is 361. The Morgan fingerprint density at radius 1 is 1.25 bits per heavy atom. The van der Waals surface area contributed by atoms with E-state index in [2.05, 4.69) is 0 Å². The Labute approximate surface area is 95.4 Å². The van der Waals surface area contributed by atoms with Crippen molar-refractivity contribution in [1.29, 1.82) is 0 Å². The van der Waals surface area contributed by atoms with Crippen molar-refractivity contribution in [2.24, 2.45) is 5.92 Å². The number of cyclic esters (lactones) is 1. The molecule has 0 aromatic heterocycles. The summed E-state index contributed by atoms with van der Waals surface area (Å²) in [5, 5.41) is 0. The summed E-state index contributed by atoms with van der Waals surface area (Å²) in [4.78, 5) is 11.5. The molecule has 2 rings (SSSR count). The molecule has 3 heteroatoms. The Morgan fingerprint density at radius 2 is 1.94 bits per heavy atom. The molecule has 1 fully saturated rings. The fourth-order valence-corrected chi connectivity index (χ4v) is 1.80. The number of benzene rings is 1. The van der Waals surface area contributed by atoms with E-state index < -0.39 is 6.10 Å². The maximum Gasteiger partial charge on any atom is 0.335 e. The zero-order valence-electron chi connectivity index (χ0n) is 9.55. The highest BCUT2D eigenvalue weighted by molar-refractivity contribution is 5.77. The lowest BCUT2D eigenvalue weighted by atomic mass is 10.0. The second-order valence-corrected chi connectivity index (χ2v) is 4.22. The average molecular weight is 220 g/mol. The van der Waals surface area contributed by atoms with E-state index in [-0.39, 0.29) is 18.0 Å². The predicted octanol–water partition coefficient (Wildman–Crippen LogP) is 2.15. The van der Waals surface area contributed by atoms with Crippen LogP contribution < -0.4 is 0 Å². The Hall–Kier alpha value is -1.35. The van der Waals surface area contributed by atoms with Crippen molar-refractivity contribution >= 4 is 5.97 Å². The van der Waals surface area contributed by atoms with Gasteiger partial charge in [0.15, 0.2) is 6.10 Å². The minimum Gasteiger partial charge on any atom is -0.460 e. The van der Waals surface area contributed by atoms with Crippen LogP contribution >= 0.6 is 0 Å². The van der Waals surface area contributed by atoms with Crippen molar-refractivity contribution in [1.82, 2.24) is 0 Å². The third kappa shape index (κ3) is 2.25. The number of esters is 1. The molecule has 3 atom stereocenters. The van der Waals surface area contributed by atoms with Crippen LogP contribution in [0.1, 0.15) is 19.4 Å². The number of rotatable bonds is 3. The maximum atomic E-state index is 11.5. The lowest BCUT2D eigenvalue weighted by Crippen LogP contribution is -2.25. The molecule has 1 aromatic rings. The number of hydrogen-bond donors (Lipinski definition) is 0. The van der Waals surface area contributed by atoms with Crippen molar-refractivity contribution in [3.05, 3.63) is 35.9 Å². The molecule has 1 saturated heterocycles. The number of carbonyl (C=O) groups excluding carboxylic acids is 1. The van der Waals surface area contributed by atoms with Gasteiger partial charge in [0.2, 0.25) is 0 Å². The molecule has 16 heavy (non-hydrogen) atoms. The van der Waals surface area contributed by atoms with Gasteiger partial charge in [-0.3, -0.25) is 0 Å². The van der Waals surface area contributed by atoms with Crippen molar-refractivity contribution < 1.29 is 14.3 Å². The average Bonchev–Trinajstić information content (AvgIpc) is 2.53. The standard InChI is InChI=1S/C13H16O3/c1-9-10(2)16-13(14)12(9)15-8-11-6-4-3-5-7-11/h3-7,9-10,12H,8H2,1-2H3/t9-,10-,12+/m1/s1. The van der Waals surface area contributed by atoms with Gasteiger partial charge in [0.1, 0.15) is 6.10 Å². The first-order chi connectivity index (χ1) is 7.68. The Balaban J connectivity index is 1.93. The van der Waals surface area contributed by atoms with E-state index >= 15 is 0 Å². The molecule has 1 heterocycles. The quantitative estimate of drug-likeness (QED) is 0.732. The van der Waals surface area contributed by atoms with Gasteiger partial charge in [0, 0.05) is 5.92 Å². The molecule has 0 spiro atoms. The van der Waals surface area contributed by atoms with Gasteiger partial charge in [-0.1, -0.05) is 37.3 Å². The van der Waals surface area contributed by atoms with E-state index in [0.717, 1.165) is 5.56 Å². The van der Waals surface area contributed by atoms with Gasteiger partial charge in [-0.2, -0.15) is 0 Å². The second-order valence-electron chi connectivity index (χ2n) is 4.22. The highest BCUT2D eigenvalue weighted by Crippen LogP contribution is 2.25. The maximum absolute atomic E-state index is 11.5. The fraction of sp³-hybridized carbons (Fsp3) is 0.462. The largest absolute Gasteiger partial charge is 0.460 e. The molecule has 1 aliphatic heterocycles. The van der Waals surface area contributed by atoms with Gasteiger partial charge in [-0.05, 0) is 12.5 Å². The molecule has 0 amide bonds. The molecule has 0 saturated carbocycles. The highest BCUT2D eigenvalue weighted by atomic mass is 16.6. The van der Waals surface area contributed by atoms with Gasteiger partial charge in [-0.25, -0.2) is 4.79 Å². The molecule has 0 radical (unpaired) electrons. The van der Waals surface area contributed by atoms with E-state index in [1.54, 1.807) is 0 Å². The molecule has 0 N–H and O–H groups in total. The topological polar surface area (TPSA) is 35.5 Å². The summed E-state index contributed by atoms with van der Waals surface area (Å²) in [6.45, 7) is 4.33. The first-order valence-electron chi connectivity index (χ1n) is 5.54. The molecule has 0 unspecified atom stereocenters. The van der Waals surface area contributed by atoms with E-state index in [9.17, 15) is 4.79 Å². The van der Waals surface area contributed by atoms with Gasteiger partial charge in [-0.15, -0.1) is 0 Å². The van der Waals surface area contributed by atoms with Crippen molar-refractivity contribution in [2.45, 2.75) is 32.7 Å². The van der Waals surface area contributed by atoms with Gasteiger partial charge in [0.25, 0.3) is 0 Å². The molecule has 0 bridgehead atoms. The van der Waals surface area contributed by atoms with Crippen LogP contribution in [0.5, 0.6) is 0 Å². The van der Waals surface area contributed by atoms with Crippen molar-refractivity contribution in [3.8, 4) is 0 Å². The van der Waals surface area contributed by atoms with Crippen LogP contribution in [0.4, 0.5) is 0 Å². The summed E-state index contributed by atoms with van der Waals surface area (Å²) in [5.41, 5.74) is 1.07. The Kier molecular flexibility index (Phi) is 3.25. The van der Waals surface area contributed by atoms with E-state index in [0.29, 0.717) is 6.61 Å². The third-order valence-corrected chi connectivity index (χ3v) is 3.02. The third-order valence-electron chi connectivity index (χ3n) is 3.02.